The summed E-state index contributed by atoms with van der Waals surface area (Å²) in [5, 5.41) is 11.6. The van der Waals surface area contributed by atoms with Crippen molar-refractivity contribution in [2.45, 2.75) is 58.0 Å². The fourth-order valence-corrected chi connectivity index (χ4v) is 6.88. The van der Waals surface area contributed by atoms with Gasteiger partial charge in [-0.2, -0.15) is 0 Å². The molecule has 1 saturated heterocycles. The third-order valence-electron chi connectivity index (χ3n) is 9.18. The monoisotopic (exact) mass is 593 g/mol. The predicted octanol–water partition coefficient (Wildman–Crippen LogP) is 7.07. The Morgan fingerprint density at radius 2 is 1.84 bits per heavy atom. The number of aryl methyl sites for hydroxylation is 1. The van der Waals surface area contributed by atoms with Crippen molar-refractivity contribution in [1.29, 1.82) is 0 Å². The van der Waals surface area contributed by atoms with Crippen LogP contribution in [0, 0.1) is 12.8 Å². The maximum atomic E-state index is 12.8. The van der Waals surface area contributed by atoms with Crippen LogP contribution in [-0.4, -0.2) is 46.7 Å². The van der Waals surface area contributed by atoms with Gasteiger partial charge in [-0.3, -0.25) is 4.79 Å². The van der Waals surface area contributed by atoms with Gasteiger partial charge in [0, 0.05) is 35.7 Å². The Bertz CT molecular complexity index is 1720. The highest BCUT2D eigenvalue weighted by Gasteiger charge is 2.47. The van der Waals surface area contributed by atoms with Gasteiger partial charge in [0.15, 0.2) is 0 Å². The van der Waals surface area contributed by atoms with Crippen molar-refractivity contribution in [3.63, 3.8) is 0 Å². The van der Waals surface area contributed by atoms with Crippen LogP contribution >= 0.6 is 0 Å². The van der Waals surface area contributed by atoms with Crippen molar-refractivity contribution >= 4 is 28.7 Å². The molecule has 3 aromatic carbocycles. The van der Waals surface area contributed by atoms with Crippen LogP contribution in [0.1, 0.15) is 61.5 Å². The summed E-state index contributed by atoms with van der Waals surface area (Å²) in [6.07, 6.45) is 3.43. The summed E-state index contributed by atoms with van der Waals surface area (Å²) in [5.74, 6) is 0.487. The molecular formula is C36H39N3O5. The van der Waals surface area contributed by atoms with E-state index in [4.69, 9.17) is 15.2 Å². The number of nitrogens with zero attached hydrogens (tertiary/aromatic N) is 2. The highest BCUT2D eigenvalue weighted by molar-refractivity contribution is 6.01. The van der Waals surface area contributed by atoms with Crippen LogP contribution in [0.15, 0.2) is 66.9 Å². The summed E-state index contributed by atoms with van der Waals surface area (Å²) in [6, 6.07) is 20.4. The summed E-state index contributed by atoms with van der Waals surface area (Å²) >= 11 is 0. The fourth-order valence-electron chi connectivity index (χ4n) is 6.88. The van der Waals surface area contributed by atoms with Gasteiger partial charge in [0.2, 0.25) is 0 Å². The van der Waals surface area contributed by atoms with E-state index in [1.807, 2.05) is 62.1 Å². The second kappa shape index (κ2) is 11.8. The standard InChI is InChI=1S/C36H39N3O5/c1-22(2)21-43-35(42)39-16-13-36(14-17-39)20-32(44-31-9-4-6-23(3)28(31)19-33(40)41)29-18-24(10-11-30(29)36)25-7-5-8-27-26(25)12-15-38-34(27)37/h4-12,15,18,22,32H,13-14,16-17,19-21H2,1-3H3,(H2,37,38)(H,40,41). The lowest BCUT2D eigenvalue weighted by Crippen LogP contribution is -2.45. The number of carbonyl (C=O) groups is 2. The summed E-state index contributed by atoms with van der Waals surface area (Å²) in [7, 11) is 0. The number of fused-ring (bicyclic) bond motifs is 3. The molecule has 2 aliphatic rings. The Balaban J connectivity index is 1.38. The molecule has 4 aromatic rings. The van der Waals surface area contributed by atoms with Crippen molar-refractivity contribution in [3.05, 3.63) is 89.1 Å². The zero-order valence-corrected chi connectivity index (χ0v) is 25.5. The number of aromatic nitrogens is 1. The van der Waals surface area contributed by atoms with Gasteiger partial charge in [0.1, 0.15) is 17.7 Å². The molecule has 1 aliphatic heterocycles. The van der Waals surface area contributed by atoms with Gasteiger partial charge in [0.05, 0.1) is 13.0 Å². The molecule has 1 fully saturated rings. The van der Waals surface area contributed by atoms with Crippen LogP contribution in [0.25, 0.3) is 21.9 Å². The normalized spacial score (nSPS) is 17.2. The first kappa shape index (κ1) is 29.5. The number of hydrogen-bond donors (Lipinski definition) is 2. The first-order valence-corrected chi connectivity index (χ1v) is 15.3. The number of likely N-dealkylation sites (tertiary alicyclic amines) is 1. The number of carbonyl (C=O) groups excluding carboxylic acids is 1. The second-order valence-electron chi connectivity index (χ2n) is 12.6. The molecule has 2 heterocycles. The molecule has 3 N–H and O–H groups in total. The predicted molar refractivity (Wildman–Crippen MR) is 171 cm³/mol. The van der Waals surface area contributed by atoms with Crippen LogP contribution in [-0.2, 0) is 21.4 Å². The Morgan fingerprint density at radius 1 is 1.07 bits per heavy atom. The molecule has 1 unspecified atom stereocenters. The Morgan fingerprint density at radius 3 is 2.59 bits per heavy atom. The fraction of sp³-hybridized carbons (Fsp3) is 0.361. The summed E-state index contributed by atoms with van der Waals surface area (Å²) in [6.45, 7) is 7.60. The number of nitrogens with two attached hydrogens (primary N) is 1. The number of hydrogen-bond acceptors (Lipinski definition) is 6. The highest BCUT2D eigenvalue weighted by atomic mass is 16.6. The van der Waals surface area contributed by atoms with Crippen molar-refractivity contribution in [2.75, 3.05) is 25.4 Å². The van der Waals surface area contributed by atoms with Crippen LogP contribution in [0.3, 0.4) is 0 Å². The van der Waals surface area contributed by atoms with Gasteiger partial charge in [-0.15, -0.1) is 0 Å². The van der Waals surface area contributed by atoms with Crippen molar-refractivity contribution in [3.8, 4) is 16.9 Å². The first-order chi connectivity index (χ1) is 21.1. The summed E-state index contributed by atoms with van der Waals surface area (Å²) in [5.41, 5.74) is 12.1. The maximum Gasteiger partial charge on any atom is 0.409 e. The first-order valence-electron chi connectivity index (χ1n) is 15.3. The summed E-state index contributed by atoms with van der Waals surface area (Å²) < 4.78 is 12.3. The average molecular weight is 594 g/mol. The lowest BCUT2D eigenvalue weighted by molar-refractivity contribution is -0.136. The van der Waals surface area contributed by atoms with Crippen LogP contribution in [0.4, 0.5) is 10.6 Å². The zero-order valence-electron chi connectivity index (χ0n) is 25.5. The minimum Gasteiger partial charge on any atom is -0.485 e. The van der Waals surface area contributed by atoms with Gasteiger partial charge in [-0.1, -0.05) is 56.3 Å². The lowest BCUT2D eigenvalue weighted by atomic mass is 9.73. The molecular weight excluding hydrogens is 554 g/mol. The van der Waals surface area contributed by atoms with E-state index in [1.165, 1.54) is 5.56 Å². The summed E-state index contributed by atoms with van der Waals surface area (Å²) in [4.78, 5) is 30.6. The number of benzene rings is 3. The molecule has 0 bridgehead atoms. The molecule has 1 amide bonds. The number of nitrogen functional groups attached to an aromatic ring is 1. The van der Waals surface area contributed by atoms with Gasteiger partial charge in [-0.25, -0.2) is 9.78 Å². The number of piperidine rings is 1. The smallest absolute Gasteiger partial charge is 0.409 e. The molecule has 1 spiro atoms. The second-order valence-corrected chi connectivity index (χ2v) is 12.6. The molecule has 1 aromatic heterocycles. The van der Waals surface area contributed by atoms with E-state index in [9.17, 15) is 14.7 Å². The molecule has 8 heteroatoms. The number of pyridine rings is 1. The number of carboxylic acids is 1. The van der Waals surface area contributed by atoms with E-state index in [0.717, 1.165) is 52.3 Å². The number of ether oxygens (including phenoxy) is 2. The van der Waals surface area contributed by atoms with Crippen molar-refractivity contribution in [2.24, 2.45) is 5.92 Å². The number of anilines is 1. The van der Waals surface area contributed by atoms with Crippen molar-refractivity contribution < 1.29 is 24.2 Å². The quantitative estimate of drug-likeness (QED) is 0.236. The molecule has 6 rings (SSSR count). The number of aliphatic carboxylic acids is 1. The SMILES string of the molecule is Cc1cccc(OC2CC3(CCN(C(=O)OCC(C)C)CC3)c3ccc(-c4cccc5c(N)nccc45)cc32)c1CC(=O)O. The zero-order chi connectivity index (χ0) is 31.0. The number of amides is 1. The topological polar surface area (TPSA) is 115 Å². The van der Waals surface area contributed by atoms with E-state index in [2.05, 4.69) is 29.2 Å². The number of carboxylic acid groups (broad SMARTS) is 1. The minimum atomic E-state index is -0.892. The maximum absolute atomic E-state index is 12.8. The highest BCUT2D eigenvalue weighted by Crippen LogP contribution is 2.53. The number of rotatable bonds is 7. The van der Waals surface area contributed by atoms with Gasteiger partial charge >= 0.3 is 12.1 Å². The average Bonchev–Trinajstić information content (AvgIpc) is 3.29. The van der Waals surface area contributed by atoms with Crippen molar-refractivity contribution in [1.82, 2.24) is 9.88 Å². The Labute approximate surface area is 257 Å². The van der Waals surface area contributed by atoms with Crippen LogP contribution in [0.2, 0.25) is 0 Å². The molecule has 228 valence electrons. The molecule has 8 nitrogen and oxygen atoms in total. The van der Waals surface area contributed by atoms with Crippen LogP contribution in [0.5, 0.6) is 5.75 Å². The Kier molecular flexibility index (Phi) is 7.93. The Hall–Kier alpha value is -4.59. The lowest BCUT2D eigenvalue weighted by Gasteiger charge is -2.39. The van der Waals surface area contributed by atoms with Gasteiger partial charge in [0.25, 0.3) is 0 Å². The van der Waals surface area contributed by atoms with E-state index in [1.54, 1.807) is 6.20 Å². The van der Waals surface area contributed by atoms with E-state index in [-0.39, 0.29) is 30.0 Å². The van der Waals surface area contributed by atoms with E-state index >= 15 is 0 Å². The van der Waals surface area contributed by atoms with E-state index in [0.29, 0.717) is 36.8 Å². The minimum absolute atomic E-state index is 0.105. The van der Waals surface area contributed by atoms with Gasteiger partial charge in [-0.05, 0) is 83.5 Å². The van der Waals surface area contributed by atoms with Crippen LogP contribution < -0.4 is 10.5 Å². The molecule has 0 saturated carbocycles. The van der Waals surface area contributed by atoms with E-state index < -0.39 is 5.97 Å². The van der Waals surface area contributed by atoms with Gasteiger partial charge < -0.3 is 25.2 Å². The molecule has 1 aliphatic carbocycles. The third kappa shape index (κ3) is 5.56. The third-order valence-corrected chi connectivity index (χ3v) is 9.18. The molecule has 44 heavy (non-hydrogen) atoms. The largest absolute Gasteiger partial charge is 0.485 e. The molecule has 1 atom stereocenters. The molecule has 0 radical (unpaired) electrons.